The molecule has 0 radical (unpaired) electrons. The summed E-state index contributed by atoms with van der Waals surface area (Å²) in [6, 6.07) is 8.30. The van der Waals surface area contributed by atoms with E-state index in [4.69, 9.17) is 5.73 Å². The largest absolute Gasteiger partial charge is 0.313 e. The van der Waals surface area contributed by atoms with Crippen LogP contribution >= 0.6 is 15.9 Å². The van der Waals surface area contributed by atoms with Crippen LogP contribution in [-0.4, -0.2) is 4.45 Å². The molecule has 0 fully saturated rings. The third kappa shape index (κ3) is 1.45. The number of nitrogens with two attached hydrogens (primary N) is 1. The van der Waals surface area contributed by atoms with Crippen molar-refractivity contribution in [3.8, 4) is 0 Å². The van der Waals surface area contributed by atoms with Gasteiger partial charge in [-0.25, -0.2) is 0 Å². The van der Waals surface area contributed by atoms with Crippen molar-refractivity contribution in [1.82, 2.24) is 0 Å². The van der Waals surface area contributed by atoms with E-state index in [1.54, 1.807) is 0 Å². The summed E-state index contributed by atoms with van der Waals surface area (Å²) in [5.41, 5.74) is 8.50. The summed E-state index contributed by atoms with van der Waals surface area (Å²) in [7, 11) is 0. The minimum Gasteiger partial charge on any atom is -0.313 e. The molecule has 62 valence electrons. The lowest BCUT2D eigenvalue weighted by molar-refractivity contribution is 0.754. The number of alkyl halides is 1. The van der Waals surface area contributed by atoms with Gasteiger partial charge in [0.2, 0.25) is 0 Å². The monoisotopic (exact) mass is 223 g/mol. The van der Waals surface area contributed by atoms with Crippen LogP contribution in [0.3, 0.4) is 0 Å². The lowest BCUT2D eigenvalue weighted by Crippen LogP contribution is -2.34. The Morgan fingerprint density at radius 3 is 2.92 bits per heavy atom. The van der Waals surface area contributed by atoms with Crippen molar-refractivity contribution in [3.05, 3.63) is 41.5 Å². The molecule has 1 aliphatic carbocycles. The third-order valence-corrected chi connectivity index (χ3v) is 2.60. The zero-order valence-electron chi connectivity index (χ0n) is 6.63. The van der Waals surface area contributed by atoms with Gasteiger partial charge in [0.1, 0.15) is 0 Å². The molecule has 2 heteroatoms. The van der Waals surface area contributed by atoms with Crippen LogP contribution in [0.4, 0.5) is 0 Å². The van der Waals surface area contributed by atoms with Crippen LogP contribution in [0.1, 0.15) is 11.1 Å². The Morgan fingerprint density at radius 1 is 1.33 bits per heavy atom. The van der Waals surface area contributed by atoms with Crippen LogP contribution in [-0.2, 0) is 6.42 Å². The van der Waals surface area contributed by atoms with Gasteiger partial charge in [-0.15, -0.1) is 0 Å². The molecule has 0 spiro atoms. The second-order valence-corrected chi connectivity index (χ2v) is 4.61. The van der Waals surface area contributed by atoms with Crippen LogP contribution in [0.5, 0.6) is 0 Å². The summed E-state index contributed by atoms with van der Waals surface area (Å²) in [5.74, 6) is 0. The minimum atomic E-state index is -0.346. The molecule has 1 aliphatic rings. The highest BCUT2D eigenvalue weighted by Gasteiger charge is 2.21. The predicted octanol–water partition coefficient (Wildman–Crippen LogP) is 2.31. The summed E-state index contributed by atoms with van der Waals surface area (Å²) in [6.07, 6.45) is 4.92. The summed E-state index contributed by atoms with van der Waals surface area (Å²) < 4.78 is -0.346. The summed E-state index contributed by atoms with van der Waals surface area (Å²) in [5, 5.41) is 0. The van der Waals surface area contributed by atoms with Gasteiger partial charge in [-0.3, -0.25) is 0 Å². The van der Waals surface area contributed by atoms with E-state index < -0.39 is 0 Å². The molecule has 12 heavy (non-hydrogen) atoms. The van der Waals surface area contributed by atoms with Gasteiger partial charge in [0.15, 0.2) is 0 Å². The van der Waals surface area contributed by atoms with E-state index in [2.05, 4.69) is 34.1 Å². The first kappa shape index (κ1) is 8.02. The molecule has 1 atom stereocenters. The summed E-state index contributed by atoms with van der Waals surface area (Å²) in [4.78, 5) is 0. The minimum absolute atomic E-state index is 0.346. The van der Waals surface area contributed by atoms with Crippen LogP contribution in [0.15, 0.2) is 30.3 Å². The number of fused-ring (bicyclic) bond motifs is 1. The average Bonchev–Trinajstić information content (AvgIpc) is 2.02. The topological polar surface area (TPSA) is 26.0 Å². The van der Waals surface area contributed by atoms with E-state index in [1.165, 1.54) is 11.1 Å². The molecule has 1 aromatic rings. The van der Waals surface area contributed by atoms with Crippen molar-refractivity contribution in [2.45, 2.75) is 10.9 Å². The molecule has 2 rings (SSSR count). The molecular formula is C10H10BrN. The molecular weight excluding hydrogens is 214 g/mol. The SMILES string of the molecule is NC1(Br)C=Cc2ccccc2C1. The number of hydrogen-bond donors (Lipinski definition) is 1. The maximum atomic E-state index is 5.92. The van der Waals surface area contributed by atoms with E-state index in [0.29, 0.717) is 0 Å². The maximum absolute atomic E-state index is 5.92. The number of hydrogen-bond acceptors (Lipinski definition) is 1. The van der Waals surface area contributed by atoms with E-state index >= 15 is 0 Å². The Balaban J connectivity index is 2.46. The molecule has 1 unspecified atom stereocenters. The summed E-state index contributed by atoms with van der Waals surface area (Å²) >= 11 is 3.45. The third-order valence-electron chi connectivity index (χ3n) is 2.06. The lowest BCUT2D eigenvalue weighted by Gasteiger charge is -2.23. The Labute approximate surface area is 80.4 Å². The molecule has 0 amide bonds. The van der Waals surface area contributed by atoms with Crippen molar-refractivity contribution in [2.24, 2.45) is 5.73 Å². The van der Waals surface area contributed by atoms with Crippen LogP contribution in [0.2, 0.25) is 0 Å². The lowest BCUT2D eigenvalue weighted by atomic mass is 9.95. The second-order valence-electron chi connectivity index (χ2n) is 3.14. The Kier molecular flexibility index (Phi) is 1.81. The fourth-order valence-corrected chi connectivity index (χ4v) is 1.87. The van der Waals surface area contributed by atoms with Gasteiger partial charge in [-0.2, -0.15) is 0 Å². The molecule has 2 N–H and O–H groups in total. The standard InChI is InChI=1S/C10H10BrN/c11-10(12)6-5-8-3-1-2-4-9(8)7-10/h1-6H,7,12H2. The van der Waals surface area contributed by atoms with E-state index in [-0.39, 0.29) is 4.45 Å². The van der Waals surface area contributed by atoms with Gasteiger partial charge in [0.05, 0.1) is 4.45 Å². The van der Waals surface area contributed by atoms with Gasteiger partial charge in [-0.1, -0.05) is 52.3 Å². The van der Waals surface area contributed by atoms with Gasteiger partial charge in [0.25, 0.3) is 0 Å². The molecule has 0 heterocycles. The van der Waals surface area contributed by atoms with Gasteiger partial charge < -0.3 is 5.73 Å². The zero-order valence-corrected chi connectivity index (χ0v) is 8.21. The number of halogens is 1. The van der Waals surface area contributed by atoms with Gasteiger partial charge >= 0.3 is 0 Å². The van der Waals surface area contributed by atoms with Gasteiger partial charge in [0, 0.05) is 6.42 Å². The molecule has 0 saturated heterocycles. The molecule has 0 bridgehead atoms. The van der Waals surface area contributed by atoms with E-state index in [0.717, 1.165) is 6.42 Å². The van der Waals surface area contributed by atoms with Crippen LogP contribution in [0.25, 0.3) is 6.08 Å². The van der Waals surface area contributed by atoms with Crippen LogP contribution in [0, 0.1) is 0 Å². The predicted molar refractivity (Wildman–Crippen MR) is 55.0 cm³/mol. The highest BCUT2D eigenvalue weighted by molar-refractivity contribution is 9.10. The first-order valence-electron chi connectivity index (χ1n) is 3.92. The number of benzene rings is 1. The Bertz CT molecular complexity index is 328. The number of rotatable bonds is 0. The first-order valence-corrected chi connectivity index (χ1v) is 4.72. The molecule has 0 saturated carbocycles. The second kappa shape index (κ2) is 2.71. The normalized spacial score (nSPS) is 26.8. The van der Waals surface area contributed by atoms with Crippen molar-refractivity contribution in [2.75, 3.05) is 0 Å². The van der Waals surface area contributed by atoms with E-state index in [9.17, 15) is 0 Å². The van der Waals surface area contributed by atoms with Crippen molar-refractivity contribution < 1.29 is 0 Å². The quantitative estimate of drug-likeness (QED) is 0.531. The molecule has 0 aliphatic heterocycles. The maximum Gasteiger partial charge on any atom is 0.0946 e. The fourth-order valence-electron chi connectivity index (χ4n) is 1.44. The molecule has 1 aromatic carbocycles. The zero-order chi connectivity index (χ0) is 8.60. The first-order chi connectivity index (χ1) is 5.67. The average molecular weight is 224 g/mol. The molecule has 0 aromatic heterocycles. The van der Waals surface area contributed by atoms with Crippen molar-refractivity contribution in [3.63, 3.8) is 0 Å². The Morgan fingerprint density at radius 2 is 2.08 bits per heavy atom. The van der Waals surface area contributed by atoms with Crippen LogP contribution < -0.4 is 5.73 Å². The Hall–Kier alpha value is -0.600. The molecule has 1 nitrogen and oxygen atoms in total. The van der Waals surface area contributed by atoms with Gasteiger partial charge in [-0.05, 0) is 11.1 Å². The summed E-state index contributed by atoms with van der Waals surface area (Å²) in [6.45, 7) is 0. The van der Waals surface area contributed by atoms with Crippen molar-refractivity contribution in [1.29, 1.82) is 0 Å². The van der Waals surface area contributed by atoms with Crippen molar-refractivity contribution >= 4 is 22.0 Å². The smallest absolute Gasteiger partial charge is 0.0946 e. The highest BCUT2D eigenvalue weighted by Crippen LogP contribution is 2.27. The van der Waals surface area contributed by atoms with E-state index in [1.807, 2.05) is 18.2 Å². The fraction of sp³-hybridized carbons (Fsp3) is 0.200. The highest BCUT2D eigenvalue weighted by atomic mass is 79.9.